The summed E-state index contributed by atoms with van der Waals surface area (Å²) < 4.78 is 5.82. The van der Waals surface area contributed by atoms with Crippen molar-refractivity contribution >= 4 is 16.8 Å². The Morgan fingerprint density at radius 3 is 3.00 bits per heavy atom. The van der Waals surface area contributed by atoms with Crippen LogP contribution >= 0.6 is 0 Å². The van der Waals surface area contributed by atoms with Crippen LogP contribution in [-0.4, -0.2) is 6.61 Å². The summed E-state index contributed by atoms with van der Waals surface area (Å²) in [4.78, 5) is 0. The zero-order valence-electron chi connectivity index (χ0n) is 9.36. The van der Waals surface area contributed by atoms with Crippen LogP contribution in [0.25, 0.3) is 16.8 Å². The molecule has 0 fully saturated rings. The van der Waals surface area contributed by atoms with E-state index in [9.17, 15) is 0 Å². The molecule has 2 aromatic carbocycles. The van der Waals surface area contributed by atoms with E-state index >= 15 is 0 Å². The van der Waals surface area contributed by atoms with E-state index in [0.717, 1.165) is 18.8 Å². The lowest BCUT2D eigenvalue weighted by Gasteiger charge is -2.13. The molecule has 0 saturated heterocycles. The second-order valence-corrected chi connectivity index (χ2v) is 4.03. The number of ether oxygens (including phenoxy) is 1. The van der Waals surface area contributed by atoms with Crippen LogP contribution in [0.1, 0.15) is 18.1 Å². The average Bonchev–Trinajstić information content (AvgIpc) is 2.77. The first-order valence-electron chi connectivity index (χ1n) is 5.74. The van der Waals surface area contributed by atoms with Crippen molar-refractivity contribution in [1.82, 2.24) is 0 Å². The maximum Gasteiger partial charge on any atom is 0.131 e. The monoisotopic (exact) mass is 210 g/mol. The second kappa shape index (κ2) is 3.67. The molecule has 16 heavy (non-hydrogen) atoms. The third-order valence-corrected chi connectivity index (χ3v) is 3.05. The van der Waals surface area contributed by atoms with Crippen LogP contribution in [-0.2, 0) is 6.42 Å². The molecule has 0 amide bonds. The number of benzene rings is 2. The molecular weight excluding hydrogens is 196 g/mol. The number of rotatable bonds is 2. The van der Waals surface area contributed by atoms with E-state index in [0.29, 0.717) is 0 Å². The van der Waals surface area contributed by atoms with Gasteiger partial charge < -0.3 is 4.74 Å². The van der Waals surface area contributed by atoms with Crippen molar-refractivity contribution in [3.63, 3.8) is 0 Å². The van der Waals surface area contributed by atoms with Crippen molar-refractivity contribution in [1.29, 1.82) is 0 Å². The molecule has 0 radical (unpaired) electrons. The van der Waals surface area contributed by atoms with Crippen LogP contribution in [0.15, 0.2) is 36.4 Å². The third-order valence-electron chi connectivity index (χ3n) is 3.05. The highest BCUT2D eigenvalue weighted by Gasteiger charge is 2.14. The van der Waals surface area contributed by atoms with Gasteiger partial charge in [0, 0.05) is 10.9 Å². The van der Waals surface area contributed by atoms with Crippen molar-refractivity contribution in [2.75, 3.05) is 6.61 Å². The normalized spacial score (nSPS) is 13.1. The van der Waals surface area contributed by atoms with Crippen LogP contribution in [0.5, 0.6) is 5.75 Å². The summed E-state index contributed by atoms with van der Waals surface area (Å²) in [5.74, 6) is 1.07. The topological polar surface area (TPSA) is 9.23 Å². The van der Waals surface area contributed by atoms with Crippen LogP contribution < -0.4 is 4.74 Å². The van der Waals surface area contributed by atoms with Crippen LogP contribution in [0.4, 0.5) is 0 Å². The minimum atomic E-state index is 0.723. The van der Waals surface area contributed by atoms with E-state index in [1.807, 2.05) is 6.92 Å². The van der Waals surface area contributed by atoms with E-state index in [1.54, 1.807) is 0 Å². The molecule has 0 aliphatic heterocycles. The van der Waals surface area contributed by atoms with Gasteiger partial charge in [-0.25, -0.2) is 0 Å². The molecule has 0 atom stereocenters. The zero-order valence-corrected chi connectivity index (χ0v) is 9.36. The Balaban J connectivity index is 2.34. The fraction of sp³-hybridized carbons (Fsp3) is 0.200. The molecule has 1 nitrogen and oxygen atoms in total. The first-order valence-corrected chi connectivity index (χ1v) is 5.74. The van der Waals surface area contributed by atoms with Gasteiger partial charge in [0.2, 0.25) is 0 Å². The van der Waals surface area contributed by atoms with Crippen LogP contribution in [0, 0.1) is 0 Å². The number of allylic oxidation sites excluding steroid dienone is 1. The maximum absolute atomic E-state index is 5.82. The summed E-state index contributed by atoms with van der Waals surface area (Å²) in [6, 6.07) is 10.7. The molecule has 1 aliphatic carbocycles. The standard InChI is InChI=1S/C15H14O/c1-2-16-15-13-8-4-3-6-11(13)10-12-7-5-9-14(12)15/h3-8,10H,2,9H2,1H3. The Hall–Kier alpha value is -1.76. The Morgan fingerprint density at radius 2 is 2.12 bits per heavy atom. The summed E-state index contributed by atoms with van der Waals surface area (Å²) in [5.41, 5.74) is 2.64. The summed E-state index contributed by atoms with van der Waals surface area (Å²) in [6.45, 7) is 2.76. The maximum atomic E-state index is 5.82. The van der Waals surface area contributed by atoms with E-state index in [-0.39, 0.29) is 0 Å². The van der Waals surface area contributed by atoms with E-state index in [2.05, 4.69) is 42.5 Å². The molecule has 0 heterocycles. The molecule has 0 saturated carbocycles. The van der Waals surface area contributed by atoms with Gasteiger partial charge in [-0.15, -0.1) is 0 Å². The lowest BCUT2D eigenvalue weighted by molar-refractivity contribution is 0.341. The fourth-order valence-electron chi connectivity index (χ4n) is 2.35. The Bertz CT molecular complexity index is 567. The number of hydrogen-bond acceptors (Lipinski definition) is 1. The first kappa shape index (κ1) is 9.46. The largest absolute Gasteiger partial charge is 0.493 e. The van der Waals surface area contributed by atoms with Gasteiger partial charge in [-0.2, -0.15) is 0 Å². The quantitative estimate of drug-likeness (QED) is 0.732. The lowest BCUT2D eigenvalue weighted by atomic mass is 10.0. The molecule has 1 heteroatoms. The van der Waals surface area contributed by atoms with Crippen molar-refractivity contribution < 1.29 is 4.74 Å². The van der Waals surface area contributed by atoms with Gasteiger partial charge in [0.25, 0.3) is 0 Å². The van der Waals surface area contributed by atoms with E-state index in [1.165, 1.54) is 21.9 Å². The Labute approximate surface area is 95.4 Å². The molecule has 0 spiro atoms. The highest BCUT2D eigenvalue weighted by molar-refractivity contribution is 5.93. The molecule has 0 bridgehead atoms. The molecule has 0 N–H and O–H groups in total. The van der Waals surface area contributed by atoms with Gasteiger partial charge in [-0.05, 0) is 30.4 Å². The summed E-state index contributed by atoms with van der Waals surface area (Å²) >= 11 is 0. The van der Waals surface area contributed by atoms with Crippen molar-refractivity contribution in [3.8, 4) is 5.75 Å². The summed E-state index contributed by atoms with van der Waals surface area (Å²) in [5, 5.41) is 2.49. The molecule has 1 aliphatic rings. The Kier molecular flexibility index (Phi) is 2.17. The van der Waals surface area contributed by atoms with E-state index < -0.39 is 0 Å². The molecule has 3 rings (SSSR count). The predicted molar refractivity (Wildman–Crippen MR) is 67.9 cm³/mol. The fourth-order valence-corrected chi connectivity index (χ4v) is 2.35. The van der Waals surface area contributed by atoms with Crippen molar-refractivity contribution in [2.45, 2.75) is 13.3 Å². The van der Waals surface area contributed by atoms with Gasteiger partial charge in [0.05, 0.1) is 6.61 Å². The minimum absolute atomic E-state index is 0.723. The first-order chi connectivity index (χ1) is 7.90. The van der Waals surface area contributed by atoms with Crippen molar-refractivity contribution in [3.05, 3.63) is 47.5 Å². The zero-order chi connectivity index (χ0) is 11.0. The molecule has 2 aromatic rings. The van der Waals surface area contributed by atoms with Gasteiger partial charge in [-0.3, -0.25) is 0 Å². The van der Waals surface area contributed by atoms with Crippen LogP contribution in [0.3, 0.4) is 0 Å². The number of fused-ring (bicyclic) bond motifs is 2. The van der Waals surface area contributed by atoms with Crippen molar-refractivity contribution in [2.24, 2.45) is 0 Å². The second-order valence-electron chi connectivity index (χ2n) is 4.03. The van der Waals surface area contributed by atoms with Gasteiger partial charge in [0.15, 0.2) is 0 Å². The molecule has 0 aromatic heterocycles. The Morgan fingerprint density at radius 1 is 1.25 bits per heavy atom. The summed E-state index contributed by atoms with van der Waals surface area (Å²) in [7, 11) is 0. The molecular formula is C15H14O. The van der Waals surface area contributed by atoms with Gasteiger partial charge in [-0.1, -0.05) is 36.4 Å². The molecule has 0 unspecified atom stereocenters. The van der Waals surface area contributed by atoms with Gasteiger partial charge >= 0.3 is 0 Å². The third kappa shape index (κ3) is 1.32. The predicted octanol–water partition coefficient (Wildman–Crippen LogP) is 3.81. The van der Waals surface area contributed by atoms with E-state index in [4.69, 9.17) is 4.74 Å². The lowest BCUT2D eigenvalue weighted by Crippen LogP contribution is -1.97. The number of hydrogen-bond donors (Lipinski definition) is 0. The smallest absolute Gasteiger partial charge is 0.131 e. The van der Waals surface area contributed by atoms with Crippen LogP contribution in [0.2, 0.25) is 0 Å². The molecule has 80 valence electrons. The minimum Gasteiger partial charge on any atom is -0.493 e. The highest BCUT2D eigenvalue weighted by atomic mass is 16.5. The van der Waals surface area contributed by atoms with Gasteiger partial charge in [0.1, 0.15) is 5.75 Å². The highest BCUT2D eigenvalue weighted by Crippen LogP contribution is 2.36. The summed E-state index contributed by atoms with van der Waals surface area (Å²) in [6.07, 6.45) is 5.38. The SMILES string of the molecule is CCOc1c2c(cc3ccccc13)C=CC2. The average molecular weight is 210 g/mol.